The van der Waals surface area contributed by atoms with Gasteiger partial charge in [0.05, 0.1) is 6.54 Å². The summed E-state index contributed by atoms with van der Waals surface area (Å²) < 4.78 is 10.6. The molecule has 1 N–H and O–H groups in total. The Morgan fingerprint density at radius 1 is 1.19 bits per heavy atom. The molecule has 0 atom stereocenters. The zero-order valence-electron chi connectivity index (χ0n) is 14.4. The number of nitrogens with zero attached hydrogens (tertiary/aromatic N) is 2. The maximum absolute atomic E-state index is 13.2. The van der Waals surface area contributed by atoms with Gasteiger partial charge in [0.2, 0.25) is 5.76 Å². The van der Waals surface area contributed by atoms with E-state index < -0.39 is 5.97 Å². The summed E-state index contributed by atoms with van der Waals surface area (Å²) in [6, 6.07) is 8.09. The van der Waals surface area contributed by atoms with Crippen LogP contribution in [0.25, 0.3) is 11.1 Å². The molecule has 0 spiro atoms. The van der Waals surface area contributed by atoms with Gasteiger partial charge < -0.3 is 18.8 Å². The first-order valence-electron chi connectivity index (χ1n) is 8.70. The second kappa shape index (κ2) is 7.08. The molecule has 0 radical (unpaired) electrons. The van der Waals surface area contributed by atoms with E-state index in [-0.39, 0.29) is 29.6 Å². The summed E-state index contributed by atoms with van der Waals surface area (Å²) in [7, 11) is 0. The number of amides is 1. The van der Waals surface area contributed by atoms with E-state index in [2.05, 4.69) is 4.98 Å². The van der Waals surface area contributed by atoms with Crippen molar-refractivity contribution < 1.29 is 23.5 Å². The number of carbonyl (C=O) groups is 2. The van der Waals surface area contributed by atoms with Gasteiger partial charge in [-0.25, -0.2) is 4.79 Å². The SMILES string of the molecule is O=C(O)c1ccc(CN(C(=O)c2ccc3oc(Cl)nc3c2)C2CCCC2)o1. The van der Waals surface area contributed by atoms with Crippen LogP contribution in [0.5, 0.6) is 0 Å². The lowest BCUT2D eigenvalue weighted by atomic mass is 10.1. The highest BCUT2D eigenvalue weighted by Gasteiger charge is 2.29. The average molecular weight is 389 g/mol. The third kappa shape index (κ3) is 3.55. The molecule has 7 nitrogen and oxygen atoms in total. The van der Waals surface area contributed by atoms with E-state index in [0.717, 1.165) is 25.7 Å². The van der Waals surface area contributed by atoms with Crippen LogP contribution in [0.4, 0.5) is 0 Å². The highest BCUT2D eigenvalue weighted by molar-refractivity contribution is 6.28. The zero-order chi connectivity index (χ0) is 19.0. The van der Waals surface area contributed by atoms with E-state index in [1.165, 1.54) is 6.07 Å². The number of fused-ring (bicyclic) bond motifs is 1. The van der Waals surface area contributed by atoms with Gasteiger partial charge in [-0.1, -0.05) is 12.8 Å². The van der Waals surface area contributed by atoms with Gasteiger partial charge in [0, 0.05) is 11.6 Å². The third-order valence-corrected chi connectivity index (χ3v) is 5.00. The van der Waals surface area contributed by atoms with Crippen LogP contribution in [0.15, 0.2) is 39.2 Å². The predicted molar refractivity (Wildman–Crippen MR) is 96.8 cm³/mol. The largest absolute Gasteiger partial charge is 0.475 e. The molecular weight excluding hydrogens is 372 g/mol. The molecule has 27 heavy (non-hydrogen) atoms. The van der Waals surface area contributed by atoms with Gasteiger partial charge in [-0.15, -0.1) is 0 Å². The Kier molecular flexibility index (Phi) is 4.61. The van der Waals surface area contributed by atoms with Gasteiger partial charge in [0.25, 0.3) is 11.3 Å². The van der Waals surface area contributed by atoms with Crippen LogP contribution in [0.1, 0.15) is 52.4 Å². The molecule has 1 aliphatic rings. The molecule has 8 heteroatoms. The number of carboxylic acid groups (broad SMARTS) is 1. The fourth-order valence-corrected chi connectivity index (χ4v) is 3.70. The van der Waals surface area contributed by atoms with Gasteiger partial charge in [-0.2, -0.15) is 4.98 Å². The van der Waals surface area contributed by atoms with Crippen LogP contribution in [0, 0.1) is 0 Å². The quantitative estimate of drug-likeness (QED) is 0.697. The number of furan rings is 1. The monoisotopic (exact) mass is 388 g/mol. The first-order valence-corrected chi connectivity index (χ1v) is 9.08. The first kappa shape index (κ1) is 17.6. The Morgan fingerprint density at radius 2 is 1.96 bits per heavy atom. The molecule has 1 fully saturated rings. The van der Waals surface area contributed by atoms with E-state index >= 15 is 0 Å². The van der Waals surface area contributed by atoms with E-state index in [1.807, 2.05) is 0 Å². The Labute approximate surface area is 159 Å². The second-order valence-corrected chi connectivity index (χ2v) is 6.92. The molecule has 1 aromatic carbocycles. The number of benzene rings is 1. The van der Waals surface area contributed by atoms with Crippen molar-refractivity contribution in [3.63, 3.8) is 0 Å². The van der Waals surface area contributed by atoms with Crippen molar-refractivity contribution in [3.8, 4) is 0 Å². The summed E-state index contributed by atoms with van der Waals surface area (Å²) in [5, 5.41) is 9.06. The Bertz CT molecular complexity index is 1000. The number of halogens is 1. The van der Waals surface area contributed by atoms with Gasteiger partial charge in [0.15, 0.2) is 5.58 Å². The molecule has 0 aliphatic heterocycles. The molecule has 2 heterocycles. The number of hydrogen-bond acceptors (Lipinski definition) is 5. The summed E-state index contributed by atoms with van der Waals surface area (Å²) in [6.07, 6.45) is 3.95. The number of hydrogen-bond donors (Lipinski definition) is 1. The molecule has 0 unspecified atom stereocenters. The maximum atomic E-state index is 13.2. The summed E-state index contributed by atoms with van der Waals surface area (Å²) in [5.74, 6) is -0.981. The smallest absolute Gasteiger partial charge is 0.371 e. The molecule has 0 bridgehead atoms. The molecule has 1 amide bonds. The summed E-state index contributed by atoms with van der Waals surface area (Å²) >= 11 is 5.78. The number of carboxylic acids is 1. The highest BCUT2D eigenvalue weighted by Crippen LogP contribution is 2.28. The van der Waals surface area contributed by atoms with Crippen molar-refractivity contribution in [3.05, 3.63) is 52.8 Å². The Morgan fingerprint density at radius 3 is 2.67 bits per heavy atom. The van der Waals surface area contributed by atoms with Gasteiger partial charge in [-0.3, -0.25) is 4.79 Å². The van der Waals surface area contributed by atoms with E-state index in [1.54, 1.807) is 29.2 Å². The van der Waals surface area contributed by atoms with Crippen molar-refractivity contribution in [1.82, 2.24) is 9.88 Å². The summed E-state index contributed by atoms with van der Waals surface area (Å²) in [5.41, 5.74) is 1.51. The number of aromatic carboxylic acids is 1. The normalized spacial score (nSPS) is 14.7. The number of aromatic nitrogens is 1. The standard InChI is InChI=1S/C19H17ClN2O5/c20-19-21-14-9-11(5-7-15(14)27-19)17(23)22(12-3-1-2-4-12)10-13-6-8-16(26-13)18(24)25/h5-9,12H,1-4,10H2,(H,24,25). The van der Waals surface area contributed by atoms with Crippen LogP contribution in [0.2, 0.25) is 5.35 Å². The lowest BCUT2D eigenvalue weighted by Crippen LogP contribution is -2.38. The number of oxazole rings is 1. The van der Waals surface area contributed by atoms with Crippen LogP contribution in [-0.2, 0) is 6.54 Å². The topological polar surface area (TPSA) is 96.8 Å². The molecule has 1 aliphatic carbocycles. The zero-order valence-corrected chi connectivity index (χ0v) is 15.1. The predicted octanol–water partition coefficient (Wildman–Crippen LogP) is 4.36. The van der Waals surface area contributed by atoms with E-state index in [9.17, 15) is 9.59 Å². The van der Waals surface area contributed by atoms with Crippen LogP contribution >= 0.6 is 11.6 Å². The molecular formula is C19H17ClN2O5. The molecule has 140 valence electrons. The van der Waals surface area contributed by atoms with Crippen molar-refractivity contribution in [2.75, 3.05) is 0 Å². The maximum Gasteiger partial charge on any atom is 0.371 e. The van der Waals surface area contributed by atoms with Gasteiger partial charge in [0.1, 0.15) is 11.3 Å². The van der Waals surface area contributed by atoms with Crippen LogP contribution in [0.3, 0.4) is 0 Å². The van der Waals surface area contributed by atoms with Gasteiger partial charge in [-0.05, 0) is 54.8 Å². The molecule has 3 aromatic rings. The second-order valence-electron chi connectivity index (χ2n) is 6.59. The minimum absolute atomic E-state index is 0.0269. The van der Waals surface area contributed by atoms with E-state index in [0.29, 0.717) is 22.4 Å². The summed E-state index contributed by atoms with van der Waals surface area (Å²) in [6.45, 7) is 0.217. The number of rotatable bonds is 5. The molecule has 4 rings (SSSR count). The third-order valence-electron chi connectivity index (χ3n) is 4.83. The summed E-state index contributed by atoms with van der Waals surface area (Å²) in [4.78, 5) is 30.1. The number of carbonyl (C=O) groups excluding carboxylic acids is 1. The van der Waals surface area contributed by atoms with Crippen molar-refractivity contribution in [2.24, 2.45) is 0 Å². The van der Waals surface area contributed by atoms with Gasteiger partial charge >= 0.3 is 5.97 Å². The molecule has 1 saturated carbocycles. The fourth-order valence-electron chi connectivity index (χ4n) is 3.53. The van der Waals surface area contributed by atoms with Crippen LogP contribution in [-0.4, -0.2) is 32.9 Å². The van der Waals surface area contributed by atoms with Crippen molar-refractivity contribution >= 4 is 34.6 Å². The fraction of sp³-hybridized carbons (Fsp3) is 0.316. The minimum atomic E-state index is -1.13. The molecule has 2 aromatic heterocycles. The highest BCUT2D eigenvalue weighted by atomic mass is 35.5. The van der Waals surface area contributed by atoms with Crippen molar-refractivity contribution in [2.45, 2.75) is 38.3 Å². The average Bonchev–Trinajstić information content (AvgIpc) is 3.37. The van der Waals surface area contributed by atoms with Crippen molar-refractivity contribution in [1.29, 1.82) is 0 Å². The Hall–Kier alpha value is -2.80. The van der Waals surface area contributed by atoms with Crippen LogP contribution < -0.4 is 0 Å². The molecule has 0 saturated heterocycles. The van der Waals surface area contributed by atoms with E-state index in [4.69, 9.17) is 25.5 Å². The lowest BCUT2D eigenvalue weighted by Gasteiger charge is -2.28. The lowest BCUT2D eigenvalue weighted by molar-refractivity contribution is 0.0634. The first-order chi connectivity index (χ1) is 13.0. The Balaban J connectivity index is 1.63. The minimum Gasteiger partial charge on any atom is -0.475 e.